The highest BCUT2D eigenvalue weighted by atomic mass is 19.1. The second kappa shape index (κ2) is 8.43. The molecule has 2 N–H and O–H groups in total. The van der Waals surface area contributed by atoms with Crippen LogP contribution in [0.4, 0.5) is 10.2 Å². The smallest absolute Gasteiger partial charge is 0.166 e. The Morgan fingerprint density at radius 1 is 0.971 bits per heavy atom. The molecule has 0 bridgehead atoms. The van der Waals surface area contributed by atoms with Gasteiger partial charge in [0.1, 0.15) is 17.0 Å². The number of nitrogens with two attached hydrogens (primary N) is 1. The molecule has 5 aromatic rings. The van der Waals surface area contributed by atoms with Crippen molar-refractivity contribution in [2.24, 2.45) is 5.92 Å². The molecule has 1 aliphatic rings. The van der Waals surface area contributed by atoms with Gasteiger partial charge in [-0.3, -0.25) is 0 Å². The van der Waals surface area contributed by atoms with Gasteiger partial charge in [0.15, 0.2) is 11.6 Å². The number of halogens is 1. The van der Waals surface area contributed by atoms with Gasteiger partial charge in [0.2, 0.25) is 0 Å². The van der Waals surface area contributed by atoms with Crippen LogP contribution in [0.1, 0.15) is 18.9 Å². The molecule has 2 aromatic carbocycles. The van der Waals surface area contributed by atoms with Crippen LogP contribution in [-0.2, 0) is 0 Å². The van der Waals surface area contributed by atoms with Gasteiger partial charge in [0.25, 0.3) is 0 Å². The molecule has 0 spiro atoms. The largest absolute Gasteiger partial charge is 0.383 e. The first-order valence-electron chi connectivity index (χ1n) is 11.9. The minimum Gasteiger partial charge on any atom is -0.383 e. The zero-order valence-electron chi connectivity index (χ0n) is 19.8. The Labute approximate surface area is 203 Å². The molecule has 6 nitrogen and oxygen atoms in total. The van der Waals surface area contributed by atoms with Gasteiger partial charge in [-0.15, -0.1) is 0 Å². The summed E-state index contributed by atoms with van der Waals surface area (Å²) < 4.78 is 18.0. The van der Waals surface area contributed by atoms with Gasteiger partial charge in [-0.1, -0.05) is 42.5 Å². The van der Waals surface area contributed by atoms with Gasteiger partial charge in [-0.25, -0.2) is 19.3 Å². The molecule has 0 aliphatic heterocycles. The maximum Gasteiger partial charge on any atom is 0.166 e. The Balaban J connectivity index is 1.41. The highest BCUT2D eigenvalue weighted by Crippen LogP contribution is 2.40. The van der Waals surface area contributed by atoms with Crippen molar-refractivity contribution in [2.75, 3.05) is 26.4 Å². The standard InChI is InChI=1S/C28H27FN6/c1-34(2)16-17-14-20(15-17)35-13-12-22-26(30)32-27(33-28(22)35)21-10-8-19-9-11-23(31-25(19)24(21)29)18-6-4-3-5-7-18/h3-13,17,20H,14-16H2,1-2H3,(H2,30,32,33). The summed E-state index contributed by atoms with van der Waals surface area (Å²) >= 11 is 0. The van der Waals surface area contributed by atoms with E-state index in [-0.39, 0.29) is 5.82 Å². The molecule has 1 saturated carbocycles. The minimum absolute atomic E-state index is 0.283. The van der Waals surface area contributed by atoms with Crippen LogP contribution in [0.25, 0.3) is 44.6 Å². The van der Waals surface area contributed by atoms with E-state index >= 15 is 4.39 Å². The van der Waals surface area contributed by atoms with Crippen molar-refractivity contribution in [1.82, 2.24) is 24.4 Å². The normalized spacial score (nSPS) is 17.8. The first kappa shape index (κ1) is 21.7. The summed E-state index contributed by atoms with van der Waals surface area (Å²) in [4.78, 5) is 16.1. The zero-order valence-corrected chi connectivity index (χ0v) is 19.8. The third kappa shape index (κ3) is 3.82. The molecule has 0 unspecified atom stereocenters. The quantitative estimate of drug-likeness (QED) is 0.368. The summed E-state index contributed by atoms with van der Waals surface area (Å²) in [7, 11) is 4.21. The number of fused-ring (bicyclic) bond motifs is 2. The number of pyridine rings is 1. The molecule has 176 valence electrons. The fourth-order valence-corrected chi connectivity index (χ4v) is 5.16. The summed E-state index contributed by atoms with van der Waals surface area (Å²) in [5, 5.41) is 1.53. The first-order valence-corrected chi connectivity index (χ1v) is 11.9. The number of hydrogen-bond acceptors (Lipinski definition) is 5. The maximum absolute atomic E-state index is 15.8. The van der Waals surface area contributed by atoms with Gasteiger partial charge in [-0.2, -0.15) is 0 Å². The van der Waals surface area contributed by atoms with E-state index in [1.54, 1.807) is 6.07 Å². The van der Waals surface area contributed by atoms with Crippen LogP contribution >= 0.6 is 0 Å². The summed E-state index contributed by atoms with van der Waals surface area (Å²) in [6.45, 7) is 1.08. The molecule has 3 heterocycles. The molecule has 0 saturated heterocycles. The number of anilines is 1. The average molecular weight is 467 g/mol. The number of nitrogens with zero attached hydrogens (tertiary/aromatic N) is 5. The third-order valence-electron chi connectivity index (χ3n) is 6.94. The molecular weight excluding hydrogens is 439 g/mol. The second-order valence-corrected chi connectivity index (χ2v) is 9.71. The van der Waals surface area contributed by atoms with E-state index in [0.29, 0.717) is 28.9 Å². The number of nitrogen functional groups attached to an aromatic ring is 1. The topological polar surface area (TPSA) is 72.9 Å². The van der Waals surface area contributed by atoms with E-state index in [9.17, 15) is 0 Å². The molecule has 0 radical (unpaired) electrons. The Morgan fingerprint density at radius 2 is 1.74 bits per heavy atom. The monoisotopic (exact) mass is 466 g/mol. The summed E-state index contributed by atoms with van der Waals surface area (Å²) in [5.74, 6) is 0.879. The molecule has 6 rings (SSSR count). The first-order chi connectivity index (χ1) is 17.0. The maximum atomic E-state index is 15.8. The molecule has 1 fully saturated rings. The number of aromatic nitrogens is 4. The number of benzene rings is 2. The van der Waals surface area contributed by atoms with Crippen LogP contribution < -0.4 is 5.73 Å². The zero-order chi connectivity index (χ0) is 24.1. The SMILES string of the molecule is CN(C)CC1CC(n2ccc3c(N)nc(-c4ccc5ccc(-c6ccccc6)nc5c4F)nc32)C1. The van der Waals surface area contributed by atoms with E-state index in [4.69, 9.17) is 10.7 Å². The minimum atomic E-state index is -0.438. The predicted octanol–water partition coefficient (Wildman–Crippen LogP) is 5.55. The number of hydrogen-bond donors (Lipinski definition) is 1. The fourth-order valence-electron chi connectivity index (χ4n) is 5.16. The van der Waals surface area contributed by atoms with Crippen LogP contribution in [0.3, 0.4) is 0 Å². The molecular formula is C28H27FN6. The van der Waals surface area contributed by atoms with E-state index in [1.165, 1.54) is 0 Å². The lowest BCUT2D eigenvalue weighted by atomic mass is 9.80. The van der Waals surface area contributed by atoms with E-state index in [0.717, 1.165) is 47.1 Å². The molecule has 7 heteroatoms. The van der Waals surface area contributed by atoms with Crippen molar-refractivity contribution in [1.29, 1.82) is 0 Å². The Kier molecular flexibility index (Phi) is 5.22. The lowest BCUT2D eigenvalue weighted by Crippen LogP contribution is -2.33. The predicted molar refractivity (Wildman–Crippen MR) is 138 cm³/mol. The van der Waals surface area contributed by atoms with Crippen molar-refractivity contribution in [3.63, 3.8) is 0 Å². The molecule has 0 atom stereocenters. The van der Waals surface area contributed by atoms with E-state index in [2.05, 4.69) is 33.5 Å². The van der Waals surface area contributed by atoms with Crippen molar-refractivity contribution in [3.05, 3.63) is 72.7 Å². The van der Waals surface area contributed by atoms with Crippen molar-refractivity contribution in [2.45, 2.75) is 18.9 Å². The Morgan fingerprint density at radius 3 is 2.51 bits per heavy atom. The Hall–Kier alpha value is -3.84. The van der Waals surface area contributed by atoms with Gasteiger partial charge >= 0.3 is 0 Å². The van der Waals surface area contributed by atoms with Gasteiger partial charge in [0, 0.05) is 29.7 Å². The number of rotatable bonds is 5. The van der Waals surface area contributed by atoms with E-state index in [1.807, 2.05) is 60.8 Å². The fraction of sp³-hybridized carbons (Fsp3) is 0.250. The van der Waals surface area contributed by atoms with Crippen LogP contribution in [0, 0.1) is 11.7 Å². The second-order valence-electron chi connectivity index (χ2n) is 9.71. The molecule has 0 amide bonds. The average Bonchev–Trinajstić information content (AvgIpc) is 3.26. The third-order valence-corrected chi connectivity index (χ3v) is 6.94. The highest BCUT2D eigenvalue weighted by molar-refractivity contribution is 5.90. The van der Waals surface area contributed by atoms with E-state index < -0.39 is 5.82 Å². The molecule has 1 aliphatic carbocycles. The lowest BCUT2D eigenvalue weighted by molar-refractivity contribution is 0.159. The van der Waals surface area contributed by atoms with Crippen molar-refractivity contribution < 1.29 is 4.39 Å². The van der Waals surface area contributed by atoms with Gasteiger partial charge < -0.3 is 15.2 Å². The van der Waals surface area contributed by atoms with Crippen molar-refractivity contribution in [3.8, 4) is 22.6 Å². The lowest BCUT2D eigenvalue weighted by Gasteiger charge is -2.38. The molecule has 35 heavy (non-hydrogen) atoms. The van der Waals surface area contributed by atoms with Crippen LogP contribution in [0.2, 0.25) is 0 Å². The van der Waals surface area contributed by atoms with Gasteiger partial charge in [0.05, 0.1) is 16.6 Å². The molecule has 3 aromatic heterocycles. The summed E-state index contributed by atoms with van der Waals surface area (Å²) in [6.07, 6.45) is 4.22. The highest BCUT2D eigenvalue weighted by Gasteiger charge is 2.32. The van der Waals surface area contributed by atoms with Crippen LogP contribution in [-0.4, -0.2) is 45.1 Å². The Bertz CT molecular complexity index is 1540. The van der Waals surface area contributed by atoms with Crippen molar-refractivity contribution >= 4 is 27.8 Å². The van der Waals surface area contributed by atoms with Crippen LogP contribution in [0.5, 0.6) is 0 Å². The van der Waals surface area contributed by atoms with Crippen LogP contribution in [0.15, 0.2) is 66.9 Å². The summed E-state index contributed by atoms with van der Waals surface area (Å²) in [6, 6.07) is 19.5. The summed E-state index contributed by atoms with van der Waals surface area (Å²) in [5.41, 5.74) is 9.33. The van der Waals surface area contributed by atoms with Gasteiger partial charge in [-0.05, 0) is 51.1 Å².